The first-order chi connectivity index (χ1) is 40.1. The largest absolute Gasteiger partial charge is 0.508 e. The molecule has 444 valence electrons. The predicted molar refractivity (Wildman–Crippen MR) is 299 cm³/mol. The van der Waals surface area contributed by atoms with Crippen molar-refractivity contribution in [1.29, 1.82) is 10.5 Å². The molecule has 28 heteroatoms. The molecule has 2 saturated carbocycles. The van der Waals surface area contributed by atoms with Crippen LogP contribution in [0, 0.1) is 34.3 Å². The van der Waals surface area contributed by atoms with E-state index in [9.17, 15) is 51.1 Å². The van der Waals surface area contributed by atoms with Gasteiger partial charge in [0.05, 0.1) is 63.1 Å². The number of rotatable bonds is 13. The number of hydrogen-bond donors (Lipinski definition) is 1. The number of halogens is 8. The number of ether oxygens (including phenoxy) is 4. The number of thiocarbonyl (C=S) groups is 2. The molecule has 0 atom stereocenters. The number of carbonyl (C=O) groups excluding carboxylic acids is 3. The SMILES string of the molecule is CCc1nc(OCCO)c2cc(N3C(=S)N(c4ccc(C#N)c(C(F)(F)F)c4)C(=O)C34CCC4)cc(F)c2n1.CCc1nc(OCCOC(=O)OC(C)(C)C)c2cc(N3C(=S)N(c4ccc(C#N)c(C(F)(F)F)c4)C(=O)C34CCC4)cc(F)c2n1. The highest BCUT2D eigenvalue weighted by molar-refractivity contribution is 7.81. The molecule has 4 aromatic carbocycles. The van der Waals surface area contributed by atoms with Gasteiger partial charge in [-0.25, -0.2) is 23.5 Å². The number of benzene rings is 4. The van der Waals surface area contributed by atoms with E-state index in [2.05, 4.69) is 19.9 Å². The zero-order chi connectivity index (χ0) is 61.7. The molecule has 2 spiro atoms. The van der Waals surface area contributed by atoms with E-state index < -0.39 is 80.9 Å². The monoisotopic (exact) mass is 1220 g/mol. The molecule has 2 saturated heterocycles. The van der Waals surface area contributed by atoms with Gasteiger partial charge < -0.3 is 33.9 Å². The highest BCUT2D eigenvalue weighted by Crippen LogP contribution is 2.51. The number of alkyl halides is 6. The number of nitriles is 2. The lowest BCUT2D eigenvalue weighted by Gasteiger charge is -2.43. The molecular weight excluding hydrogens is 1170 g/mol. The summed E-state index contributed by atoms with van der Waals surface area (Å²) in [6.07, 6.45) is -7.19. The van der Waals surface area contributed by atoms with Gasteiger partial charge >= 0.3 is 18.5 Å². The third-order valence-electron chi connectivity index (χ3n) is 14.5. The minimum absolute atomic E-state index is 0.00624. The van der Waals surface area contributed by atoms with Crippen LogP contribution < -0.4 is 29.1 Å². The average Bonchev–Trinajstić information content (AvgIpc) is 1.61. The maximum Gasteiger partial charge on any atom is 0.508 e. The lowest BCUT2D eigenvalue weighted by atomic mass is 9.75. The molecule has 0 unspecified atom stereocenters. The van der Waals surface area contributed by atoms with Gasteiger partial charge in [0.25, 0.3) is 11.8 Å². The lowest BCUT2D eigenvalue weighted by Crippen LogP contribution is -2.55. The van der Waals surface area contributed by atoms with Crippen LogP contribution in [-0.4, -0.2) is 96.3 Å². The van der Waals surface area contributed by atoms with Crippen molar-refractivity contribution in [1.82, 2.24) is 19.9 Å². The zero-order valence-corrected chi connectivity index (χ0v) is 47.5. The molecule has 0 radical (unpaired) electrons. The molecule has 4 heterocycles. The maximum atomic E-state index is 15.8. The highest BCUT2D eigenvalue weighted by atomic mass is 32.1. The minimum atomic E-state index is -4.85. The molecule has 18 nitrogen and oxygen atoms in total. The van der Waals surface area contributed by atoms with Gasteiger partial charge in [-0.15, -0.1) is 0 Å². The number of aliphatic hydroxyl groups excluding tert-OH is 1. The Balaban J connectivity index is 0.000000206. The molecule has 6 aromatic rings. The van der Waals surface area contributed by atoms with Crippen LogP contribution in [0.15, 0.2) is 60.7 Å². The summed E-state index contributed by atoms with van der Waals surface area (Å²) < 4.78 is 135. The van der Waals surface area contributed by atoms with Crippen LogP contribution >= 0.6 is 24.4 Å². The van der Waals surface area contributed by atoms with Gasteiger partial charge in [-0.05, 0) is 144 Å². The van der Waals surface area contributed by atoms with E-state index in [0.717, 1.165) is 34.1 Å². The van der Waals surface area contributed by atoms with Crippen LogP contribution in [0.3, 0.4) is 0 Å². The first-order valence-electron chi connectivity index (χ1n) is 26.5. The van der Waals surface area contributed by atoms with Crippen molar-refractivity contribution in [2.24, 2.45) is 0 Å². The first kappa shape index (κ1) is 61.1. The predicted octanol–water partition coefficient (Wildman–Crippen LogP) is 11.3. The number of fused-ring (bicyclic) bond motifs is 2. The van der Waals surface area contributed by atoms with Crippen LogP contribution in [-0.2, 0) is 44.3 Å². The molecule has 2 aliphatic heterocycles. The normalized spacial score (nSPS) is 16.3. The third-order valence-corrected chi connectivity index (χ3v) is 15.2. The molecule has 0 bridgehead atoms. The third kappa shape index (κ3) is 11.4. The Kier molecular flexibility index (Phi) is 16.7. The zero-order valence-electron chi connectivity index (χ0n) is 45.9. The molecule has 10 rings (SSSR count). The van der Waals surface area contributed by atoms with Gasteiger partial charge in [-0.1, -0.05) is 13.8 Å². The maximum absolute atomic E-state index is 15.8. The van der Waals surface area contributed by atoms with E-state index in [1.807, 2.05) is 0 Å². The van der Waals surface area contributed by atoms with Gasteiger partial charge in [0, 0.05) is 24.2 Å². The second-order valence-corrected chi connectivity index (χ2v) is 21.7. The number of aliphatic hydroxyl groups is 1. The van der Waals surface area contributed by atoms with E-state index in [0.29, 0.717) is 63.3 Å². The van der Waals surface area contributed by atoms with Crippen molar-refractivity contribution >= 4 is 97.2 Å². The van der Waals surface area contributed by atoms with Gasteiger partial charge in [0.15, 0.2) is 21.9 Å². The highest BCUT2D eigenvalue weighted by Gasteiger charge is 2.61. The van der Waals surface area contributed by atoms with Crippen molar-refractivity contribution in [2.45, 2.75) is 115 Å². The molecule has 4 aliphatic rings. The molecule has 2 aromatic heterocycles. The summed E-state index contributed by atoms with van der Waals surface area (Å²) in [5.74, 6) is -1.93. The number of carbonyl (C=O) groups is 3. The van der Waals surface area contributed by atoms with Crippen molar-refractivity contribution < 1.29 is 73.6 Å². The molecule has 1 N–H and O–H groups in total. The topological polar surface area (TPSA) is 220 Å². The fourth-order valence-corrected chi connectivity index (χ4v) is 11.2. The summed E-state index contributed by atoms with van der Waals surface area (Å²) in [5, 5.41) is 27.6. The lowest BCUT2D eigenvalue weighted by molar-refractivity contribution is -0.138. The number of anilines is 4. The fourth-order valence-electron chi connectivity index (χ4n) is 10.3. The minimum Gasteiger partial charge on any atom is -0.475 e. The van der Waals surface area contributed by atoms with Gasteiger partial charge in [-0.2, -0.15) is 46.8 Å². The van der Waals surface area contributed by atoms with E-state index in [1.54, 1.807) is 34.6 Å². The second kappa shape index (κ2) is 23.2. The number of amides is 2. The Morgan fingerprint density at radius 3 is 1.39 bits per heavy atom. The number of hydrogen-bond acceptors (Lipinski definition) is 16. The molecular formula is C57H50F8N10O8S2. The Hall–Kier alpha value is -8.47. The summed E-state index contributed by atoms with van der Waals surface area (Å²) in [6.45, 7) is 7.88. The van der Waals surface area contributed by atoms with Crippen LogP contribution in [0.2, 0.25) is 0 Å². The number of aromatic nitrogens is 4. The van der Waals surface area contributed by atoms with E-state index in [1.165, 1.54) is 52.3 Å². The van der Waals surface area contributed by atoms with E-state index >= 15 is 8.78 Å². The van der Waals surface area contributed by atoms with Gasteiger partial charge in [0.2, 0.25) is 11.8 Å². The van der Waals surface area contributed by atoms with Crippen LogP contribution in [0.5, 0.6) is 11.8 Å². The standard InChI is InChI=1S/C31H29F4N5O5S.C26H21F4N5O3S/c1-5-23-37-24-20(25(38-23)43-11-12-44-28(42)45-29(2,3)4)13-19(15-22(24)32)40-27(46)39(26(41)30(40)9-6-10-30)18-8-7-17(16-36)21(14-18)31(33,34)35;1-2-20-32-21-17(22(33-20)38-9-8-36)10-16(12-19(21)27)35-24(39)34(23(37)25(35)6-3-7-25)15-5-4-14(13-31)18(11-15)26(28,29)30/h7-8,13-15H,5-6,9-12H2,1-4H3;4-5,10-12,36H,2-3,6-9H2,1H3. The van der Waals surface area contributed by atoms with Crippen LogP contribution in [0.1, 0.15) is 107 Å². The van der Waals surface area contributed by atoms with E-state index in [-0.39, 0.29) is 98.8 Å². The second-order valence-electron chi connectivity index (χ2n) is 20.9. The molecule has 2 aliphatic carbocycles. The Morgan fingerprint density at radius 2 is 1.05 bits per heavy atom. The quantitative estimate of drug-likeness (QED) is 0.0491. The smallest absolute Gasteiger partial charge is 0.475 e. The van der Waals surface area contributed by atoms with Crippen molar-refractivity contribution in [3.8, 4) is 23.9 Å². The van der Waals surface area contributed by atoms with Crippen LogP contribution in [0.4, 0.5) is 62.7 Å². The van der Waals surface area contributed by atoms with Crippen molar-refractivity contribution in [3.63, 3.8) is 0 Å². The summed E-state index contributed by atoms with van der Waals surface area (Å²) in [6, 6.07) is 14.3. The number of aryl methyl sites for hydroxylation is 2. The Labute approximate surface area is 490 Å². The fraction of sp³-hybridized carbons (Fsp3) is 0.386. The molecule has 2 amide bonds. The van der Waals surface area contributed by atoms with Crippen molar-refractivity contribution in [3.05, 3.63) is 106 Å². The summed E-state index contributed by atoms with van der Waals surface area (Å²) in [5.41, 5.74) is -6.85. The Morgan fingerprint density at radius 1 is 0.635 bits per heavy atom. The molecule has 85 heavy (non-hydrogen) atoms. The van der Waals surface area contributed by atoms with Gasteiger partial charge in [-0.3, -0.25) is 19.4 Å². The van der Waals surface area contributed by atoms with Gasteiger partial charge in [0.1, 0.15) is 59.2 Å². The first-order valence-corrected chi connectivity index (χ1v) is 27.3. The van der Waals surface area contributed by atoms with Crippen LogP contribution in [0.25, 0.3) is 21.8 Å². The summed E-state index contributed by atoms with van der Waals surface area (Å²) in [4.78, 5) is 61.7. The van der Waals surface area contributed by atoms with E-state index in [4.69, 9.17) is 48.6 Å². The Bertz CT molecular complexity index is 3820. The number of nitrogens with zero attached hydrogens (tertiary/aromatic N) is 10. The summed E-state index contributed by atoms with van der Waals surface area (Å²) >= 11 is 11.3. The van der Waals surface area contributed by atoms with Crippen molar-refractivity contribution in [2.75, 3.05) is 46.0 Å². The summed E-state index contributed by atoms with van der Waals surface area (Å²) in [7, 11) is 0. The molecule has 4 fully saturated rings. The average molecular weight is 1220 g/mol.